The fourth-order valence-corrected chi connectivity index (χ4v) is 2.22. The van der Waals surface area contributed by atoms with E-state index in [1.54, 1.807) is 0 Å². The van der Waals surface area contributed by atoms with Gasteiger partial charge in [0.05, 0.1) is 11.3 Å². The standard InChI is InChI=1S/C15H9ClN2/c16-11-7-5-10(6-8-11)15-13(9-17)12-3-1-2-4-14(12)18-15/h1-8,18H. The second-order valence-corrected chi connectivity index (χ2v) is 4.48. The molecule has 3 aromatic rings. The maximum absolute atomic E-state index is 9.33. The van der Waals surface area contributed by atoms with E-state index in [1.165, 1.54) is 0 Å². The van der Waals surface area contributed by atoms with Gasteiger partial charge in [-0.2, -0.15) is 5.26 Å². The highest BCUT2D eigenvalue weighted by Crippen LogP contribution is 2.30. The molecule has 0 unspecified atom stereocenters. The monoisotopic (exact) mass is 252 g/mol. The van der Waals surface area contributed by atoms with Gasteiger partial charge in [-0.3, -0.25) is 0 Å². The number of rotatable bonds is 1. The molecule has 2 aromatic carbocycles. The molecule has 1 aromatic heterocycles. The Morgan fingerprint density at radius 3 is 2.44 bits per heavy atom. The van der Waals surface area contributed by atoms with Crippen molar-refractivity contribution in [1.29, 1.82) is 5.26 Å². The molecule has 0 atom stereocenters. The highest BCUT2D eigenvalue weighted by atomic mass is 35.5. The molecule has 0 spiro atoms. The van der Waals surface area contributed by atoms with E-state index < -0.39 is 0 Å². The van der Waals surface area contributed by atoms with Crippen molar-refractivity contribution < 1.29 is 0 Å². The van der Waals surface area contributed by atoms with Crippen LogP contribution in [-0.4, -0.2) is 4.98 Å². The van der Waals surface area contributed by atoms with Crippen LogP contribution >= 0.6 is 11.6 Å². The molecule has 0 aliphatic rings. The Balaban J connectivity index is 2.29. The van der Waals surface area contributed by atoms with Crippen LogP contribution in [0.15, 0.2) is 48.5 Å². The number of hydrogen-bond acceptors (Lipinski definition) is 1. The smallest absolute Gasteiger partial charge is 0.102 e. The number of nitrogens with one attached hydrogen (secondary N) is 1. The maximum atomic E-state index is 9.33. The Morgan fingerprint density at radius 2 is 1.72 bits per heavy atom. The van der Waals surface area contributed by atoms with E-state index in [-0.39, 0.29) is 0 Å². The minimum Gasteiger partial charge on any atom is -0.353 e. The van der Waals surface area contributed by atoms with Gasteiger partial charge in [-0.25, -0.2) is 0 Å². The van der Waals surface area contributed by atoms with Crippen LogP contribution in [0.1, 0.15) is 5.56 Å². The first-order valence-corrected chi connectivity index (χ1v) is 5.94. The number of hydrogen-bond donors (Lipinski definition) is 1. The van der Waals surface area contributed by atoms with Crippen LogP contribution in [0.25, 0.3) is 22.2 Å². The zero-order valence-electron chi connectivity index (χ0n) is 9.44. The van der Waals surface area contributed by atoms with Gasteiger partial charge in [0.15, 0.2) is 0 Å². The fraction of sp³-hybridized carbons (Fsp3) is 0. The molecular weight excluding hydrogens is 244 g/mol. The number of halogens is 1. The number of fused-ring (bicyclic) bond motifs is 1. The number of H-pyrrole nitrogens is 1. The number of para-hydroxylation sites is 1. The van der Waals surface area contributed by atoms with Crippen molar-refractivity contribution in [2.24, 2.45) is 0 Å². The fourth-order valence-electron chi connectivity index (χ4n) is 2.09. The van der Waals surface area contributed by atoms with Crippen LogP contribution in [0.5, 0.6) is 0 Å². The van der Waals surface area contributed by atoms with Gasteiger partial charge in [0.2, 0.25) is 0 Å². The van der Waals surface area contributed by atoms with Gasteiger partial charge < -0.3 is 4.98 Å². The molecule has 0 bridgehead atoms. The number of aromatic nitrogens is 1. The normalized spacial score (nSPS) is 10.4. The lowest BCUT2D eigenvalue weighted by Crippen LogP contribution is -1.80. The Hall–Kier alpha value is -2.24. The molecule has 0 fully saturated rings. The summed E-state index contributed by atoms with van der Waals surface area (Å²) in [6.45, 7) is 0. The van der Waals surface area contributed by atoms with Gasteiger partial charge in [0.25, 0.3) is 0 Å². The molecule has 3 heteroatoms. The lowest BCUT2D eigenvalue weighted by molar-refractivity contribution is 1.43. The van der Waals surface area contributed by atoms with Crippen LogP contribution in [0.4, 0.5) is 0 Å². The Morgan fingerprint density at radius 1 is 1.00 bits per heavy atom. The summed E-state index contributed by atoms with van der Waals surface area (Å²) in [4.78, 5) is 3.29. The van der Waals surface area contributed by atoms with E-state index in [2.05, 4.69) is 11.1 Å². The van der Waals surface area contributed by atoms with Crippen molar-refractivity contribution in [3.8, 4) is 17.3 Å². The molecule has 0 radical (unpaired) electrons. The molecule has 1 heterocycles. The molecule has 0 amide bonds. The number of nitriles is 1. The highest BCUT2D eigenvalue weighted by Gasteiger charge is 2.11. The predicted octanol–water partition coefficient (Wildman–Crippen LogP) is 4.36. The van der Waals surface area contributed by atoms with Crippen molar-refractivity contribution in [3.63, 3.8) is 0 Å². The topological polar surface area (TPSA) is 39.6 Å². The molecule has 18 heavy (non-hydrogen) atoms. The molecule has 2 nitrogen and oxygen atoms in total. The average Bonchev–Trinajstić information content (AvgIpc) is 2.78. The SMILES string of the molecule is N#Cc1c(-c2ccc(Cl)cc2)[nH]c2ccccc12. The van der Waals surface area contributed by atoms with Gasteiger partial charge in [-0.15, -0.1) is 0 Å². The number of benzene rings is 2. The lowest BCUT2D eigenvalue weighted by atomic mass is 10.1. The first-order valence-electron chi connectivity index (χ1n) is 5.56. The Bertz CT molecular complexity index is 748. The zero-order valence-corrected chi connectivity index (χ0v) is 10.2. The van der Waals surface area contributed by atoms with Gasteiger partial charge in [-0.1, -0.05) is 41.9 Å². The molecular formula is C15H9ClN2. The van der Waals surface area contributed by atoms with E-state index in [0.717, 1.165) is 22.2 Å². The van der Waals surface area contributed by atoms with E-state index in [9.17, 15) is 5.26 Å². The lowest BCUT2D eigenvalue weighted by Gasteiger charge is -1.99. The Kier molecular flexibility index (Phi) is 2.55. The highest BCUT2D eigenvalue weighted by molar-refractivity contribution is 6.30. The summed E-state index contributed by atoms with van der Waals surface area (Å²) in [6, 6.07) is 17.5. The van der Waals surface area contributed by atoms with Gasteiger partial charge in [0.1, 0.15) is 6.07 Å². The van der Waals surface area contributed by atoms with E-state index in [0.29, 0.717) is 10.6 Å². The molecule has 3 rings (SSSR count). The number of nitrogens with zero attached hydrogens (tertiary/aromatic N) is 1. The summed E-state index contributed by atoms with van der Waals surface area (Å²) in [6.07, 6.45) is 0. The second kappa shape index (κ2) is 4.21. The third-order valence-corrected chi connectivity index (χ3v) is 3.20. The van der Waals surface area contributed by atoms with Crippen LogP contribution < -0.4 is 0 Å². The predicted molar refractivity (Wildman–Crippen MR) is 73.5 cm³/mol. The molecule has 0 saturated carbocycles. The summed E-state index contributed by atoms with van der Waals surface area (Å²) in [5.74, 6) is 0. The van der Waals surface area contributed by atoms with Crippen molar-refractivity contribution in [2.75, 3.05) is 0 Å². The van der Waals surface area contributed by atoms with Crippen LogP contribution in [0, 0.1) is 11.3 Å². The van der Waals surface area contributed by atoms with E-state index in [1.807, 2.05) is 48.5 Å². The largest absolute Gasteiger partial charge is 0.353 e. The third kappa shape index (κ3) is 1.66. The second-order valence-electron chi connectivity index (χ2n) is 4.04. The van der Waals surface area contributed by atoms with E-state index >= 15 is 0 Å². The average molecular weight is 253 g/mol. The first kappa shape index (κ1) is 10.9. The molecule has 1 N–H and O–H groups in total. The van der Waals surface area contributed by atoms with E-state index in [4.69, 9.17) is 11.6 Å². The quantitative estimate of drug-likeness (QED) is 0.687. The van der Waals surface area contributed by atoms with Gasteiger partial charge >= 0.3 is 0 Å². The van der Waals surface area contributed by atoms with Crippen LogP contribution in [0.3, 0.4) is 0 Å². The first-order chi connectivity index (χ1) is 8.79. The maximum Gasteiger partial charge on any atom is 0.102 e. The molecule has 0 saturated heterocycles. The summed E-state index contributed by atoms with van der Waals surface area (Å²) in [7, 11) is 0. The molecule has 86 valence electrons. The number of aromatic amines is 1. The van der Waals surface area contributed by atoms with Crippen LogP contribution in [0.2, 0.25) is 5.02 Å². The summed E-state index contributed by atoms with van der Waals surface area (Å²) < 4.78 is 0. The van der Waals surface area contributed by atoms with Crippen molar-refractivity contribution in [3.05, 3.63) is 59.1 Å². The third-order valence-electron chi connectivity index (χ3n) is 2.95. The summed E-state index contributed by atoms with van der Waals surface area (Å²) in [5.41, 5.74) is 3.45. The molecule has 0 aliphatic heterocycles. The van der Waals surface area contributed by atoms with Gasteiger partial charge in [0, 0.05) is 15.9 Å². The molecule has 0 aliphatic carbocycles. The zero-order chi connectivity index (χ0) is 12.5. The summed E-state index contributed by atoms with van der Waals surface area (Å²) >= 11 is 5.88. The minimum absolute atomic E-state index is 0.674. The van der Waals surface area contributed by atoms with Crippen molar-refractivity contribution in [2.45, 2.75) is 0 Å². The Labute approximate surface area is 109 Å². The minimum atomic E-state index is 0.674. The van der Waals surface area contributed by atoms with Crippen molar-refractivity contribution >= 4 is 22.5 Å². The van der Waals surface area contributed by atoms with Crippen molar-refractivity contribution in [1.82, 2.24) is 4.98 Å². The van der Waals surface area contributed by atoms with Crippen LogP contribution in [-0.2, 0) is 0 Å². The summed E-state index contributed by atoms with van der Waals surface area (Å²) in [5, 5.41) is 11.0. The van der Waals surface area contributed by atoms with Gasteiger partial charge in [-0.05, 0) is 23.8 Å².